The van der Waals surface area contributed by atoms with Crippen LogP contribution in [0.3, 0.4) is 0 Å². The summed E-state index contributed by atoms with van der Waals surface area (Å²) in [5.41, 5.74) is 0. The zero-order chi connectivity index (χ0) is 28.8. The van der Waals surface area contributed by atoms with Gasteiger partial charge >= 0.3 is 17.1 Å². The summed E-state index contributed by atoms with van der Waals surface area (Å²) in [4.78, 5) is 0. The Kier molecular flexibility index (Phi) is 10.1. The molecule has 3 saturated carbocycles. The highest BCUT2D eigenvalue weighted by molar-refractivity contribution is 6.82. The summed E-state index contributed by atoms with van der Waals surface area (Å²) >= 11 is 0. The van der Waals surface area contributed by atoms with E-state index in [0.29, 0.717) is 36.6 Å². The van der Waals surface area contributed by atoms with Crippen LogP contribution in [0.5, 0.6) is 0 Å². The smallest absolute Gasteiger partial charge is 0.321 e. The molecule has 3 aliphatic carbocycles. The van der Waals surface area contributed by atoms with E-state index >= 15 is 0 Å². The molecule has 5 fully saturated rings. The van der Waals surface area contributed by atoms with E-state index in [2.05, 4.69) is 52.4 Å². The van der Waals surface area contributed by atoms with Gasteiger partial charge in [0, 0.05) is 12.2 Å². The van der Waals surface area contributed by atoms with Crippen molar-refractivity contribution >= 4 is 33.8 Å². The third kappa shape index (κ3) is 9.82. The molecule has 0 aromatic carbocycles. The molecule has 6 atom stereocenters. The lowest BCUT2D eigenvalue weighted by Gasteiger charge is -2.40. The van der Waals surface area contributed by atoms with Gasteiger partial charge in [-0.25, -0.2) is 0 Å². The number of rotatable bonds is 14. The number of epoxide rings is 2. The van der Waals surface area contributed by atoms with Gasteiger partial charge in [-0.15, -0.1) is 0 Å². The summed E-state index contributed by atoms with van der Waals surface area (Å²) in [6.07, 6.45) is 17.7. The fourth-order valence-electron chi connectivity index (χ4n) is 8.15. The molecule has 6 nitrogen and oxygen atoms in total. The van der Waals surface area contributed by atoms with Crippen LogP contribution in [0, 0.1) is 11.8 Å². The fraction of sp³-hybridized carbons (Fsp3) is 1.00. The second kappa shape index (κ2) is 12.6. The highest BCUT2D eigenvalue weighted by Crippen LogP contribution is 2.43. The van der Waals surface area contributed by atoms with Gasteiger partial charge < -0.3 is 26.6 Å². The molecule has 2 heterocycles. The molecule has 0 aromatic heterocycles. The first-order chi connectivity index (χ1) is 18.7. The quantitative estimate of drug-likeness (QED) is 0.143. The number of hydrogen-bond donors (Lipinski definition) is 0. The Bertz CT molecular complexity index is 778. The molecular formula is C30H60O6Si4. The molecule has 0 radical (unpaired) electrons. The highest BCUT2D eigenvalue weighted by Gasteiger charge is 2.46. The minimum absolute atomic E-state index is 0.315. The highest BCUT2D eigenvalue weighted by atomic mass is 28.4. The fourth-order valence-corrected chi connectivity index (χ4v) is 24.3. The minimum Gasteiger partial charge on any atom is -0.436 e. The SMILES string of the molecule is C[Si](C)(CCC1CCC2OC2C1)O[Si](C)(C)OC1CCC(O[Si](C)(C)O[Si](C)(C)CCC2CCC3OC3C2)CC1. The molecule has 10 heteroatoms. The largest absolute Gasteiger partial charge is 0.436 e. The molecule has 0 N–H and O–H groups in total. The van der Waals surface area contributed by atoms with Crippen molar-refractivity contribution < 1.29 is 26.6 Å². The monoisotopic (exact) mass is 628 g/mol. The maximum Gasteiger partial charge on any atom is 0.321 e. The molecule has 6 unspecified atom stereocenters. The van der Waals surface area contributed by atoms with Crippen LogP contribution in [0.2, 0.25) is 64.5 Å². The molecule has 232 valence electrons. The molecule has 0 bridgehead atoms. The predicted octanol–water partition coefficient (Wildman–Crippen LogP) is 8.09. The van der Waals surface area contributed by atoms with Crippen LogP contribution in [0.1, 0.15) is 77.0 Å². The van der Waals surface area contributed by atoms with E-state index in [1.807, 2.05) is 0 Å². The number of fused-ring (bicyclic) bond motifs is 2. The van der Waals surface area contributed by atoms with Gasteiger partial charge in [-0.05, 0) is 141 Å². The van der Waals surface area contributed by atoms with E-state index in [-0.39, 0.29) is 0 Å². The molecule has 2 saturated heterocycles. The van der Waals surface area contributed by atoms with Crippen LogP contribution in [0.15, 0.2) is 0 Å². The lowest BCUT2D eigenvalue weighted by atomic mass is 9.88. The molecule has 40 heavy (non-hydrogen) atoms. The van der Waals surface area contributed by atoms with E-state index in [0.717, 1.165) is 37.5 Å². The second-order valence-electron chi connectivity index (χ2n) is 16.0. The summed E-state index contributed by atoms with van der Waals surface area (Å²) in [7, 11) is -7.82. The Hall–Kier alpha value is 0.628. The summed E-state index contributed by atoms with van der Waals surface area (Å²) in [5, 5.41) is 0. The van der Waals surface area contributed by atoms with Crippen molar-refractivity contribution in [1.82, 2.24) is 0 Å². The van der Waals surface area contributed by atoms with Gasteiger partial charge in [0.2, 0.25) is 0 Å². The maximum atomic E-state index is 6.87. The predicted molar refractivity (Wildman–Crippen MR) is 171 cm³/mol. The van der Waals surface area contributed by atoms with Crippen molar-refractivity contribution in [2.24, 2.45) is 11.8 Å². The zero-order valence-electron chi connectivity index (χ0n) is 27.0. The molecular weight excluding hydrogens is 569 g/mol. The normalized spacial score (nSPS) is 36.6. The average Bonchev–Trinajstić information content (AvgIpc) is 3.75. The Morgan fingerprint density at radius 3 is 1.23 bits per heavy atom. The Labute approximate surface area is 249 Å². The van der Waals surface area contributed by atoms with Crippen LogP contribution in [0.25, 0.3) is 0 Å². The van der Waals surface area contributed by atoms with Gasteiger partial charge in [-0.1, -0.05) is 12.8 Å². The van der Waals surface area contributed by atoms with Crippen LogP contribution < -0.4 is 0 Å². The number of ether oxygens (including phenoxy) is 2. The van der Waals surface area contributed by atoms with Crippen LogP contribution in [-0.4, -0.2) is 70.4 Å². The van der Waals surface area contributed by atoms with Crippen molar-refractivity contribution in [1.29, 1.82) is 0 Å². The van der Waals surface area contributed by atoms with Crippen molar-refractivity contribution in [2.45, 2.75) is 178 Å². The van der Waals surface area contributed by atoms with Crippen molar-refractivity contribution in [3.05, 3.63) is 0 Å². The van der Waals surface area contributed by atoms with Crippen LogP contribution >= 0.6 is 0 Å². The van der Waals surface area contributed by atoms with Gasteiger partial charge in [0.15, 0.2) is 16.6 Å². The lowest BCUT2D eigenvalue weighted by molar-refractivity contribution is 0.0506. The zero-order valence-corrected chi connectivity index (χ0v) is 31.0. The third-order valence-electron chi connectivity index (χ3n) is 10.1. The van der Waals surface area contributed by atoms with Crippen molar-refractivity contribution in [3.63, 3.8) is 0 Å². The third-order valence-corrected chi connectivity index (χ3v) is 23.2. The van der Waals surface area contributed by atoms with Gasteiger partial charge in [0.05, 0.1) is 24.4 Å². The molecule has 0 aromatic rings. The standard InChI is InChI=1S/C30H60O6Si4/c1-37(2,19-17-23-9-15-27-29(21-23)31-27)35-39(5,6)33-25-11-13-26(14-12-25)34-40(7,8)36-38(3,4)20-18-24-10-16-28-30(22-24)32-28/h23-30H,9-22H2,1-8H3. The van der Waals surface area contributed by atoms with E-state index in [1.54, 1.807) is 0 Å². The molecule has 2 aliphatic heterocycles. The second-order valence-corrected chi connectivity index (χ2v) is 31.8. The summed E-state index contributed by atoms with van der Waals surface area (Å²) in [6, 6.07) is 2.48. The molecule has 0 spiro atoms. The Morgan fingerprint density at radius 2 is 0.875 bits per heavy atom. The Balaban J connectivity index is 0.987. The van der Waals surface area contributed by atoms with Crippen LogP contribution in [0.4, 0.5) is 0 Å². The Morgan fingerprint density at radius 1 is 0.500 bits per heavy atom. The van der Waals surface area contributed by atoms with E-state index < -0.39 is 33.8 Å². The average molecular weight is 629 g/mol. The molecule has 5 aliphatic rings. The van der Waals surface area contributed by atoms with Gasteiger partial charge in [0.1, 0.15) is 0 Å². The van der Waals surface area contributed by atoms with E-state index in [1.165, 1.54) is 63.5 Å². The van der Waals surface area contributed by atoms with Gasteiger partial charge in [-0.3, -0.25) is 0 Å². The van der Waals surface area contributed by atoms with E-state index in [9.17, 15) is 0 Å². The van der Waals surface area contributed by atoms with Gasteiger partial charge in [0.25, 0.3) is 0 Å². The summed E-state index contributed by atoms with van der Waals surface area (Å²) in [5.74, 6) is 1.67. The summed E-state index contributed by atoms with van der Waals surface area (Å²) in [6.45, 7) is 18.7. The van der Waals surface area contributed by atoms with E-state index in [4.69, 9.17) is 26.6 Å². The summed E-state index contributed by atoms with van der Waals surface area (Å²) < 4.78 is 38.7. The van der Waals surface area contributed by atoms with Crippen molar-refractivity contribution in [3.8, 4) is 0 Å². The first-order valence-electron chi connectivity index (χ1n) is 16.7. The van der Waals surface area contributed by atoms with Crippen LogP contribution in [-0.2, 0) is 26.6 Å². The van der Waals surface area contributed by atoms with Gasteiger partial charge in [-0.2, -0.15) is 0 Å². The maximum absolute atomic E-state index is 6.87. The first kappa shape index (κ1) is 32.0. The molecule has 0 amide bonds. The first-order valence-corrected chi connectivity index (χ1v) is 28.6. The molecule has 5 rings (SSSR count). The lowest BCUT2D eigenvalue weighted by Crippen LogP contribution is -2.50. The van der Waals surface area contributed by atoms with Crippen molar-refractivity contribution in [2.75, 3.05) is 0 Å². The minimum atomic E-state index is -2.17. The number of hydrogen-bond acceptors (Lipinski definition) is 6. The topological polar surface area (TPSA) is 62.0 Å².